The third kappa shape index (κ3) is 2.90. The lowest BCUT2D eigenvalue weighted by atomic mass is 9.97. The topological polar surface area (TPSA) is 53.7 Å². The Bertz CT molecular complexity index is 1720. The van der Waals surface area contributed by atoms with Gasteiger partial charge >= 0.3 is 0 Å². The number of pyridine rings is 1. The summed E-state index contributed by atoms with van der Waals surface area (Å²) in [5.74, 6) is 1.62. The Morgan fingerprint density at radius 2 is 1.50 bits per heavy atom. The van der Waals surface area contributed by atoms with E-state index in [1.807, 2.05) is 48.5 Å². The molecule has 0 fully saturated rings. The number of furan rings is 1. The van der Waals surface area contributed by atoms with E-state index in [0.29, 0.717) is 33.7 Å². The standard InChI is InChI=1S/C28H20ClNO4/c1-31-21-14-19-23-22-18-7-5-4-6-15(18)10-13-20(22)34-28(23)30-25(16-8-11-17(29)12-9-16)24(19)27(33-3)26(21)32-2/h4-14H,1-3H3. The summed E-state index contributed by atoms with van der Waals surface area (Å²) in [6.45, 7) is 0. The largest absolute Gasteiger partial charge is 0.493 e. The maximum atomic E-state index is 6.31. The minimum absolute atomic E-state index is 0.506. The van der Waals surface area contributed by atoms with Crippen LogP contribution in [0.25, 0.3) is 54.9 Å². The number of hydrogen-bond donors (Lipinski definition) is 0. The first-order valence-electron chi connectivity index (χ1n) is 10.8. The van der Waals surface area contributed by atoms with E-state index in [0.717, 1.165) is 43.5 Å². The third-order valence-corrected chi connectivity index (χ3v) is 6.48. The lowest BCUT2D eigenvalue weighted by Crippen LogP contribution is -1.98. The van der Waals surface area contributed by atoms with Crippen LogP contribution in [0.5, 0.6) is 17.2 Å². The lowest BCUT2D eigenvalue weighted by molar-refractivity contribution is 0.327. The maximum Gasteiger partial charge on any atom is 0.228 e. The van der Waals surface area contributed by atoms with Gasteiger partial charge in [0.15, 0.2) is 11.5 Å². The molecule has 6 aromatic rings. The van der Waals surface area contributed by atoms with Crippen molar-refractivity contribution in [1.29, 1.82) is 0 Å². The smallest absolute Gasteiger partial charge is 0.228 e. The highest BCUT2D eigenvalue weighted by Crippen LogP contribution is 2.50. The summed E-state index contributed by atoms with van der Waals surface area (Å²) in [5, 5.41) is 6.48. The molecule has 0 N–H and O–H groups in total. The molecule has 2 aromatic heterocycles. The predicted octanol–water partition coefficient (Wildman–Crippen LogP) is 7.63. The molecule has 0 unspecified atom stereocenters. The van der Waals surface area contributed by atoms with Crippen molar-refractivity contribution in [2.24, 2.45) is 0 Å². The van der Waals surface area contributed by atoms with Crippen LogP contribution in [0.15, 0.2) is 71.1 Å². The molecule has 6 heteroatoms. The zero-order chi connectivity index (χ0) is 23.4. The van der Waals surface area contributed by atoms with E-state index >= 15 is 0 Å². The zero-order valence-electron chi connectivity index (χ0n) is 18.8. The van der Waals surface area contributed by atoms with Gasteiger partial charge in [0.25, 0.3) is 0 Å². The summed E-state index contributed by atoms with van der Waals surface area (Å²) >= 11 is 6.17. The predicted molar refractivity (Wildman–Crippen MR) is 137 cm³/mol. The average molecular weight is 470 g/mol. The van der Waals surface area contributed by atoms with E-state index < -0.39 is 0 Å². The van der Waals surface area contributed by atoms with E-state index in [2.05, 4.69) is 18.2 Å². The Hall–Kier alpha value is -3.96. The Morgan fingerprint density at radius 1 is 0.735 bits per heavy atom. The Morgan fingerprint density at radius 3 is 2.24 bits per heavy atom. The van der Waals surface area contributed by atoms with Crippen LogP contribution in [0, 0.1) is 0 Å². The second-order valence-electron chi connectivity index (χ2n) is 7.98. The summed E-state index contributed by atoms with van der Waals surface area (Å²) in [6.07, 6.45) is 0. The minimum atomic E-state index is 0.506. The van der Waals surface area contributed by atoms with Crippen LogP contribution >= 0.6 is 11.6 Å². The fourth-order valence-corrected chi connectivity index (χ4v) is 4.87. The van der Waals surface area contributed by atoms with Crippen LogP contribution in [-0.4, -0.2) is 26.3 Å². The van der Waals surface area contributed by atoms with Crippen molar-refractivity contribution in [2.75, 3.05) is 21.3 Å². The van der Waals surface area contributed by atoms with Crippen molar-refractivity contribution in [2.45, 2.75) is 0 Å². The molecular weight excluding hydrogens is 450 g/mol. The van der Waals surface area contributed by atoms with Crippen molar-refractivity contribution in [3.05, 3.63) is 71.8 Å². The minimum Gasteiger partial charge on any atom is -0.493 e. The number of rotatable bonds is 4. The van der Waals surface area contributed by atoms with E-state index in [9.17, 15) is 0 Å². The molecule has 0 atom stereocenters. The van der Waals surface area contributed by atoms with E-state index in [-0.39, 0.29) is 0 Å². The molecule has 0 bridgehead atoms. The molecule has 0 saturated heterocycles. The number of benzene rings is 4. The summed E-state index contributed by atoms with van der Waals surface area (Å²) in [7, 11) is 4.83. The van der Waals surface area contributed by atoms with Crippen LogP contribution in [0.1, 0.15) is 0 Å². The molecule has 0 aliphatic heterocycles. The molecule has 0 saturated carbocycles. The van der Waals surface area contributed by atoms with Crippen LogP contribution in [0.3, 0.4) is 0 Å². The van der Waals surface area contributed by atoms with Gasteiger partial charge in [-0.25, -0.2) is 4.98 Å². The molecule has 2 heterocycles. The first-order valence-corrected chi connectivity index (χ1v) is 11.1. The fraction of sp³-hybridized carbons (Fsp3) is 0.107. The van der Waals surface area contributed by atoms with Gasteiger partial charge in [-0.3, -0.25) is 0 Å². The first kappa shape index (κ1) is 20.6. The van der Waals surface area contributed by atoms with Crippen molar-refractivity contribution >= 4 is 55.2 Å². The van der Waals surface area contributed by atoms with Crippen molar-refractivity contribution in [1.82, 2.24) is 4.98 Å². The molecule has 34 heavy (non-hydrogen) atoms. The van der Waals surface area contributed by atoms with E-state index in [1.165, 1.54) is 0 Å². The van der Waals surface area contributed by atoms with Gasteiger partial charge in [0.1, 0.15) is 5.58 Å². The molecule has 168 valence electrons. The highest BCUT2D eigenvalue weighted by atomic mass is 35.5. The van der Waals surface area contributed by atoms with Crippen LogP contribution in [-0.2, 0) is 0 Å². The zero-order valence-corrected chi connectivity index (χ0v) is 19.6. The first-order chi connectivity index (χ1) is 16.6. The van der Waals surface area contributed by atoms with Gasteiger partial charge in [-0.1, -0.05) is 54.1 Å². The molecule has 0 spiro atoms. The maximum absolute atomic E-state index is 6.31. The molecule has 0 aliphatic carbocycles. The second kappa shape index (κ2) is 7.82. The Balaban J connectivity index is 1.90. The quantitative estimate of drug-likeness (QED) is 0.265. The Kier molecular flexibility index (Phi) is 4.74. The Labute approximate surface area is 200 Å². The number of aromatic nitrogens is 1. The molecule has 0 amide bonds. The summed E-state index contributed by atoms with van der Waals surface area (Å²) in [4.78, 5) is 5.00. The lowest BCUT2D eigenvalue weighted by Gasteiger charge is -2.17. The van der Waals surface area contributed by atoms with Crippen LogP contribution in [0.4, 0.5) is 0 Å². The van der Waals surface area contributed by atoms with Gasteiger partial charge in [-0.2, -0.15) is 0 Å². The second-order valence-corrected chi connectivity index (χ2v) is 8.41. The molecular formula is C28H20ClNO4. The van der Waals surface area contributed by atoms with E-state index in [4.69, 9.17) is 35.2 Å². The highest BCUT2D eigenvalue weighted by Gasteiger charge is 2.25. The number of methoxy groups -OCH3 is 3. The molecule has 0 aliphatic rings. The van der Waals surface area contributed by atoms with Crippen LogP contribution < -0.4 is 14.2 Å². The molecule has 4 aromatic carbocycles. The van der Waals surface area contributed by atoms with Gasteiger partial charge in [-0.05, 0) is 35.0 Å². The normalized spacial score (nSPS) is 11.5. The average Bonchev–Trinajstić information content (AvgIpc) is 3.26. The number of nitrogens with zero attached hydrogens (tertiary/aromatic N) is 1. The molecule has 6 rings (SSSR count). The number of fused-ring (bicyclic) bond motifs is 7. The van der Waals surface area contributed by atoms with Crippen molar-refractivity contribution < 1.29 is 18.6 Å². The number of hydrogen-bond acceptors (Lipinski definition) is 5. The van der Waals surface area contributed by atoms with Gasteiger partial charge < -0.3 is 18.6 Å². The molecule has 5 nitrogen and oxygen atoms in total. The van der Waals surface area contributed by atoms with Gasteiger partial charge in [-0.15, -0.1) is 0 Å². The van der Waals surface area contributed by atoms with Crippen LogP contribution in [0.2, 0.25) is 5.02 Å². The highest BCUT2D eigenvalue weighted by molar-refractivity contribution is 6.31. The summed E-state index contributed by atoms with van der Waals surface area (Å²) in [6, 6.07) is 21.8. The SMILES string of the molecule is COc1cc2c(c(-c3ccc(Cl)cc3)nc3oc4ccc5ccccc5c4c32)c(OC)c1OC. The number of halogens is 1. The van der Waals surface area contributed by atoms with Gasteiger partial charge in [0.2, 0.25) is 11.5 Å². The molecule has 0 radical (unpaired) electrons. The van der Waals surface area contributed by atoms with Gasteiger partial charge in [0, 0.05) is 21.4 Å². The summed E-state index contributed by atoms with van der Waals surface area (Å²) < 4.78 is 23.6. The number of ether oxygens (including phenoxy) is 3. The van der Waals surface area contributed by atoms with Gasteiger partial charge in [0.05, 0.1) is 37.8 Å². The monoisotopic (exact) mass is 469 g/mol. The fourth-order valence-electron chi connectivity index (χ4n) is 4.75. The third-order valence-electron chi connectivity index (χ3n) is 6.23. The summed E-state index contributed by atoms with van der Waals surface area (Å²) in [5.41, 5.74) is 2.90. The van der Waals surface area contributed by atoms with E-state index in [1.54, 1.807) is 21.3 Å². The van der Waals surface area contributed by atoms with Crippen molar-refractivity contribution in [3.8, 4) is 28.5 Å². The van der Waals surface area contributed by atoms with Crippen molar-refractivity contribution in [3.63, 3.8) is 0 Å².